The highest BCUT2D eigenvalue weighted by Crippen LogP contribution is 2.21. The van der Waals surface area contributed by atoms with E-state index < -0.39 is 22.9 Å². The zero-order valence-electron chi connectivity index (χ0n) is 16.0. The summed E-state index contributed by atoms with van der Waals surface area (Å²) in [7, 11) is 1.57. The fraction of sp³-hybridized carbons (Fsp3) is 0.130. The minimum atomic E-state index is -1.02. The van der Waals surface area contributed by atoms with Crippen molar-refractivity contribution in [3.8, 4) is 11.8 Å². The number of fused-ring (bicyclic) bond motifs is 1. The van der Waals surface area contributed by atoms with E-state index in [4.69, 9.17) is 0 Å². The maximum absolute atomic E-state index is 13.5. The maximum atomic E-state index is 13.5. The van der Waals surface area contributed by atoms with Gasteiger partial charge in [0.25, 0.3) is 5.56 Å². The largest absolute Gasteiger partial charge is 0.332 e. The molecule has 4 nitrogen and oxygen atoms in total. The first kappa shape index (κ1) is 19.8. The van der Waals surface area contributed by atoms with E-state index >= 15 is 0 Å². The molecule has 2 aromatic heterocycles. The Balaban J connectivity index is 1.71. The number of aryl methyl sites for hydroxylation is 1. The molecule has 2 heterocycles. The molecule has 0 aliphatic rings. The van der Waals surface area contributed by atoms with E-state index in [-0.39, 0.29) is 6.54 Å². The van der Waals surface area contributed by atoms with E-state index in [0.717, 1.165) is 22.3 Å². The average Bonchev–Trinajstić information content (AvgIpc) is 3.17. The molecule has 0 aliphatic heterocycles. The Morgan fingerprint density at radius 2 is 1.73 bits per heavy atom. The van der Waals surface area contributed by atoms with Gasteiger partial charge in [-0.2, -0.15) is 0 Å². The molecule has 0 saturated heterocycles. The second kappa shape index (κ2) is 8.09. The molecular weight excluding hydrogens is 406 g/mol. The zero-order chi connectivity index (χ0) is 21.3. The van der Waals surface area contributed by atoms with Gasteiger partial charge < -0.3 is 0 Å². The summed E-state index contributed by atoms with van der Waals surface area (Å²) < 4.78 is 29.1. The normalized spacial score (nSPS) is 10.8. The van der Waals surface area contributed by atoms with Crippen LogP contribution in [0.5, 0.6) is 0 Å². The molecule has 2 aromatic carbocycles. The molecule has 0 fully saturated rings. The van der Waals surface area contributed by atoms with Crippen LogP contribution in [-0.2, 0) is 20.0 Å². The van der Waals surface area contributed by atoms with Crippen LogP contribution in [0.2, 0.25) is 0 Å². The molecule has 0 N–H and O–H groups in total. The van der Waals surface area contributed by atoms with Crippen LogP contribution in [0.1, 0.15) is 16.0 Å². The van der Waals surface area contributed by atoms with Gasteiger partial charge in [-0.25, -0.2) is 13.6 Å². The Morgan fingerprint density at radius 1 is 0.967 bits per heavy atom. The van der Waals surface area contributed by atoms with Crippen molar-refractivity contribution in [2.24, 2.45) is 7.05 Å². The van der Waals surface area contributed by atoms with Crippen molar-refractivity contribution in [2.75, 3.05) is 0 Å². The first-order chi connectivity index (χ1) is 14.4. The summed E-state index contributed by atoms with van der Waals surface area (Å²) in [4.78, 5) is 26.8. The van der Waals surface area contributed by atoms with Gasteiger partial charge in [0.15, 0.2) is 11.6 Å². The number of hydrogen-bond donors (Lipinski definition) is 0. The van der Waals surface area contributed by atoms with Gasteiger partial charge in [-0.1, -0.05) is 48.2 Å². The molecule has 0 amide bonds. The molecule has 0 saturated carbocycles. The smallest absolute Gasteiger partial charge is 0.287 e. The Labute approximate surface area is 174 Å². The van der Waals surface area contributed by atoms with Crippen molar-refractivity contribution in [3.63, 3.8) is 0 Å². The topological polar surface area (TPSA) is 44.0 Å². The van der Waals surface area contributed by atoms with Crippen molar-refractivity contribution in [3.05, 3.63) is 103 Å². The van der Waals surface area contributed by atoms with Crippen molar-refractivity contribution in [1.29, 1.82) is 0 Å². The lowest BCUT2D eigenvalue weighted by Gasteiger charge is -2.08. The van der Waals surface area contributed by atoms with Gasteiger partial charge in [0.1, 0.15) is 4.83 Å². The third kappa shape index (κ3) is 3.82. The maximum Gasteiger partial charge on any atom is 0.332 e. The van der Waals surface area contributed by atoms with Crippen LogP contribution in [-0.4, -0.2) is 9.13 Å². The lowest BCUT2D eigenvalue weighted by Crippen LogP contribution is -2.38. The molecule has 150 valence electrons. The van der Waals surface area contributed by atoms with E-state index in [1.54, 1.807) is 13.1 Å². The Hall–Kier alpha value is -3.50. The summed E-state index contributed by atoms with van der Waals surface area (Å²) in [6, 6.07) is 14.8. The number of nitrogens with zero attached hydrogens (tertiary/aromatic N) is 2. The van der Waals surface area contributed by atoms with E-state index in [1.165, 1.54) is 22.0 Å². The average molecular weight is 422 g/mol. The van der Waals surface area contributed by atoms with Crippen LogP contribution in [0.4, 0.5) is 8.78 Å². The minimum absolute atomic E-state index is 0.149. The van der Waals surface area contributed by atoms with E-state index in [9.17, 15) is 18.4 Å². The Bertz CT molecular complexity index is 1420. The first-order valence-electron chi connectivity index (χ1n) is 9.14. The molecule has 4 aromatic rings. The molecule has 0 unspecified atom stereocenters. The lowest BCUT2D eigenvalue weighted by atomic mass is 10.1. The fourth-order valence-corrected chi connectivity index (χ4v) is 4.11. The van der Waals surface area contributed by atoms with Crippen LogP contribution in [0.25, 0.3) is 10.2 Å². The quantitative estimate of drug-likeness (QED) is 0.473. The molecule has 0 atom stereocenters. The number of benzene rings is 2. The summed E-state index contributed by atoms with van der Waals surface area (Å²) in [5, 5.41) is 0.369. The number of hydrogen-bond acceptors (Lipinski definition) is 3. The van der Waals surface area contributed by atoms with Crippen LogP contribution >= 0.6 is 11.3 Å². The minimum Gasteiger partial charge on any atom is -0.287 e. The van der Waals surface area contributed by atoms with Crippen LogP contribution in [0, 0.1) is 23.5 Å². The summed E-state index contributed by atoms with van der Waals surface area (Å²) in [5.41, 5.74) is 0.408. The van der Waals surface area contributed by atoms with Crippen molar-refractivity contribution < 1.29 is 8.78 Å². The predicted octanol–water partition coefficient (Wildman–Crippen LogP) is 3.68. The van der Waals surface area contributed by atoms with Crippen molar-refractivity contribution >= 4 is 21.6 Å². The number of rotatable bonds is 3. The van der Waals surface area contributed by atoms with Gasteiger partial charge in [-0.05, 0) is 29.3 Å². The van der Waals surface area contributed by atoms with Crippen LogP contribution < -0.4 is 11.2 Å². The van der Waals surface area contributed by atoms with E-state index in [0.29, 0.717) is 27.1 Å². The molecule has 0 aliphatic carbocycles. The van der Waals surface area contributed by atoms with Gasteiger partial charge in [-0.3, -0.25) is 13.9 Å². The molecule has 7 heteroatoms. The lowest BCUT2D eigenvalue weighted by molar-refractivity contribution is 0.506. The molecule has 0 bridgehead atoms. The zero-order valence-corrected chi connectivity index (χ0v) is 16.8. The third-order valence-corrected chi connectivity index (χ3v) is 5.81. The summed E-state index contributed by atoms with van der Waals surface area (Å²) in [6.07, 6.45) is 0.578. The van der Waals surface area contributed by atoms with Crippen LogP contribution in [0.3, 0.4) is 0 Å². The summed E-state index contributed by atoms with van der Waals surface area (Å²) in [6.45, 7) is -0.149. The van der Waals surface area contributed by atoms with Gasteiger partial charge in [0.05, 0.1) is 16.8 Å². The summed E-state index contributed by atoms with van der Waals surface area (Å²) >= 11 is 1.27. The predicted molar refractivity (Wildman–Crippen MR) is 114 cm³/mol. The third-order valence-electron chi connectivity index (χ3n) is 4.68. The highest BCUT2D eigenvalue weighted by molar-refractivity contribution is 7.19. The van der Waals surface area contributed by atoms with Crippen molar-refractivity contribution in [2.45, 2.75) is 13.0 Å². The molecule has 4 rings (SSSR count). The molecule has 0 radical (unpaired) electrons. The second-order valence-electron chi connectivity index (χ2n) is 6.77. The van der Waals surface area contributed by atoms with Gasteiger partial charge in [-0.15, -0.1) is 11.3 Å². The van der Waals surface area contributed by atoms with E-state index in [2.05, 4.69) is 11.8 Å². The molecular formula is C23H16F2N2O2S. The molecule has 0 spiro atoms. The second-order valence-corrected chi connectivity index (χ2v) is 7.81. The number of halogens is 2. The number of aromatic nitrogens is 2. The highest BCUT2D eigenvalue weighted by atomic mass is 32.1. The van der Waals surface area contributed by atoms with Gasteiger partial charge in [0.2, 0.25) is 0 Å². The Kier molecular flexibility index (Phi) is 5.34. The van der Waals surface area contributed by atoms with Gasteiger partial charge >= 0.3 is 5.69 Å². The van der Waals surface area contributed by atoms with Crippen LogP contribution in [0.15, 0.2) is 64.2 Å². The highest BCUT2D eigenvalue weighted by Gasteiger charge is 2.15. The number of thiophene rings is 1. The summed E-state index contributed by atoms with van der Waals surface area (Å²) in [5.74, 6) is 4.13. The standard InChI is InChI=1S/C23H16F2N2O2S/c1-26-22-18(13-17(30-22)9-5-8-15-6-3-2-4-7-15)21(28)27(23(26)29)14-16-10-11-19(24)20(25)12-16/h2-4,6-7,10-13H,8,14H2,1H3. The van der Waals surface area contributed by atoms with Gasteiger partial charge in [0, 0.05) is 13.5 Å². The SMILES string of the molecule is Cn1c(=O)n(Cc2ccc(F)c(F)c2)c(=O)c2cc(C#CCc3ccccc3)sc21. The monoisotopic (exact) mass is 422 g/mol. The van der Waals surface area contributed by atoms with E-state index in [1.807, 2.05) is 30.3 Å². The first-order valence-corrected chi connectivity index (χ1v) is 9.96. The van der Waals surface area contributed by atoms with Crippen molar-refractivity contribution in [1.82, 2.24) is 9.13 Å². The molecule has 30 heavy (non-hydrogen) atoms. The fourth-order valence-electron chi connectivity index (χ4n) is 3.13. The Morgan fingerprint density at radius 3 is 2.47 bits per heavy atom.